The third kappa shape index (κ3) is 6.52. The van der Waals surface area contributed by atoms with Gasteiger partial charge in [-0.05, 0) is 48.5 Å². The second-order valence-corrected chi connectivity index (χ2v) is 7.19. The minimum absolute atomic E-state index is 0.268. The number of halogens is 9. The van der Waals surface area contributed by atoms with Crippen molar-refractivity contribution in [2.45, 2.75) is 18.5 Å². The summed E-state index contributed by atoms with van der Waals surface area (Å²) in [6, 6.07) is 7.00. The van der Waals surface area contributed by atoms with Crippen LogP contribution in [0.3, 0.4) is 0 Å². The molecule has 2 aromatic carbocycles. The third-order valence-electron chi connectivity index (χ3n) is 4.51. The Labute approximate surface area is 196 Å². The van der Waals surface area contributed by atoms with Gasteiger partial charge in [0, 0.05) is 11.4 Å². The quantitative estimate of drug-likeness (QED) is 0.378. The smallest absolute Gasteiger partial charge is 0.321 e. The zero-order valence-corrected chi connectivity index (χ0v) is 17.4. The molecular weight excluding hydrogens is 509 g/mol. The Morgan fingerprint density at radius 1 is 0.556 bits per heavy atom. The van der Waals surface area contributed by atoms with Gasteiger partial charge in [-0.15, -0.1) is 0 Å². The van der Waals surface area contributed by atoms with Crippen molar-refractivity contribution in [3.05, 3.63) is 88.7 Å². The first-order valence-electron chi connectivity index (χ1n) is 9.60. The number of nitrogens with zero attached hydrogens (tertiary/aromatic N) is 1. The molecule has 3 aromatic rings. The molecule has 0 bridgehead atoms. The average molecular weight is 521 g/mol. The van der Waals surface area contributed by atoms with E-state index in [2.05, 4.69) is 4.98 Å². The number of amides is 2. The van der Waals surface area contributed by atoms with E-state index in [-0.39, 0.29) is 12.1 Å². The van der Waals surface area contributed by atoms with E-state index >= 15 is 0 Å². The maximum Gasteiger partial charge on any atom is 0.416 e. The molecule has 0 aliphatic heterocycles. The van der Waals surface area contributed by atoms with Gasteiger partial charge in [0.25, 0.3) is 11.8 Å². The van der Waals surface area contributed by atoms with Crippen LogP contribution >= 0.6 is 0 Å². The van der Waals surface area contributed by atoms with Crippen molar-refractivity contribution in [1.29, 1.82) is 0 Å². The van der Waals surface area contributed by atoms with Crippen LogP contribution in [0.1, 0.15) is 37.7 Å². The summed E-state index contributed by atoms with van der Waals surface area (Å²) in [6.45, 7) is 0. The third-order valence-corrected chi connectivity index (χ3v) is 4.51. The van der Waals surface area contributed by atoms with Crippen LogP contribution in [-0.4, -0.2) is 16.8 Å². The number of rotatable bonds is 4. The molecule has 0 saturated carbocycles. The lowest BCUT2D eigenvalue weighted by molar-refractivity contribution is -0.138. The summed E-state index contributed by atoms with van der Waals surface area (Å²) in [7, 11) is 0. The van der Waals surface area contributed by atoms with Crippen LogP contribution < -0.4 is 10.6 Å². The molecule has 190 valence electrons. The Kier molecular flexibility index (Phi) is 7.00. The number of aromatic nitrogens is 1. The largest absolute Gasteiger partial charge is 0.416 e. The van der Waals surface area contributed by atoms with Gasteiger partial charge in [0.1, 0.15) is 11.4 Å². The first-order chi connectivity index (χ1) is 16.5. The van der Waals surface area contributed by atoms with Crippen LogP contribution in [0.2, 0.25) is 0 Å². The highest BCUT2D eigenvalue weighted by Crippen LogP contribution is 2.33. The molecule has 0 radical (unpaired) electrons. The van der Waals surface area contributed by atoms with E-state index in [9.17, 15) is 49.1 Å². The number of benzene rings is 2. The number of carbonyl (C=O) groups is 2. The van der Waals surface area contributed by atoms with Crippen molar-refractivity contribution in [3.63, 3.8) is 0 Å². The highest BCUT2D eigenvalue weighted by molar-refractivity contribution is 6.06. The van der Waals surface area contributed by atoms with E-state index in [1.165, 1.54) is 0 Å². The standard InChI is InChI=1S/C22H12F9N3O2/c23-20(24,25)11-3-1-5-14(7-11)32-18(35)16-9-13(22(29,30)31)10-17(34-16)19(36)33-15-6-2-4-12(8-15)21(26,27)28/h1-10H,(H,32,35)(H,33,36). The fourth-order valence-electron chi connectivity index (χ4n) is 2.86. The molecule has 0 saturated heterocycles. The minimum atomic E-state index is -5.07. The van der Waals surface area contributed by atoms with Crippen LogP contribution in [0.25, 0.3) is 0 Å². The fourth-order valence-corrected chi connectivity index (χ4v) is 2.86. The second kappa shape index (κ2) is 9.51. The van der Waals surface area contributed by atoms with E-state index in [1.54, 1.807) is 0 Å². The van der Waals surface area contributed by atoms with Gasteiger partial charge in [-0.2, -0.15) is 39.5 Å². The Bertz CT molecular complexity index is 1210. The summed E-state index contributed by atoms with van der Waals surface area (Å²) in [4.78, 5) is 28.4. The Hall–Kier alpha value is -4.10. The normalized spacial score (nSPS) is 12.2. The molecule has 36 heavy (non-hydrogen) atoms. The van der Waals surface area contributed by atoms with Crippen molar-refractivity contribution in [3.8, 4) is 0 Å². The SMILES string of the molecule is O=C(Nc1cccc(C(F)(F)F)c1)c1cc(C(F)(F)F)cc(C(=O)Nc2cccc(C(F)(F)F)c2)n1. The fraction of sp³-hybridized carbons (Fsp3) is 0.136. The predicted octanol–water partition coefficient (Wildman–Crippen LogP) is 6.64. The molecule has 0 aliphatic rings. The van der Waals surface area contributed by atoms with Crippen molar-refractivity contribution < 1.29 is 49.1 Å². The van der Waals surface area contributed by atoms with Crippen molar-refractivity contribution in [2.75, 3.05) is 10.6 Å². The van der Waals surface area contributed by atoms with Crippen LogP contribution in [0.5, 0.6) is 0 Å². The molecule has 1 aromatic heterocycles. The molecule has 0 atom stereocenters. The van der Waals surface area contributed by atoms with Gasteiger partial charge < -0.3 is 10.6 Å². The van der Waals surface area contributed by atoms with Crippen molar-refractivity contribution in [1.82, 2.24) is 4.98 Å². The molecule has 0 spiro atoms. The maximum absolute atomic E-state index is 13.4. The highest BCUT2D eigenvalue weighted by atomic mass is 19.4. The highest BCUT2D eigenvalue weighted by Gasteiger charge is 2.34. The minimum Gasteiger partial charge on any atom is -0.321 e. The summed E-state index contributed by atoms with van der Waals surface area (Å²) >= 11 is 0. The molecule has 1 heterocycles. The van der Waals surface area contributed by atoms with Gasteiger partial charge in [-0.25, -0.2) is 4.98 Å². The van der Waals surface area contributed by atoms with E-state index in [0.29, 0.717) is 24.3 Å². The number of nitrogens with one attached hydrogen (secondary N) is 2. The van der Waals surface area contributed by atoms with Crippen LogP contribution in [0, 0.1) is 0 Å². The van der Waals surface area contributed by atoms with Crippen LogP contribution in [-0.2, 0) is 18.5 Å². The summed E-state index contributed by atoms with van der Waals surface area (Å²) < 4.78 is 117. The lowest BCUT2D eigenvalue weighted by atomic mass is 10.1. The van der Waals surface area contributed by atoms with Crippen molar-refractivity contribution >= 4 is 23.2 Å². The number of hydrogen-bond donors (Lipinski definition) is 2. The Morgan fingerprint density at radius 2 is 0.917 bits per heavy atom. The van der Waals surface area contributed by atoms with Crippen LogP contribution in [0.4, 0.5) is 50.9 Å². The first-order valence-corrected chi connectivity index (χ1v) is 9.60. The van der Waals surface area contributed by atoms with E-state index in [0.717, 1.165) is 24.3 Å². The molecule has 5 nitrogen and oxygen atoms in total. The topological polar surface area (TPSA) is 71.1 Å². The van der Waals surface area contributed by atoms with Gasteiger partial charge in [0.05, 0.1) is 16.7 Å². The predicted molar refractivity (Wildman–Crippen MR) is 108 cm³/mol. The van der Waals surface area contributed by atoms with Crippen LogP contribution in [0.15, 0.2) is 60.7 Å². The lowest BCUT2D eigenvalue weighted by Crippen LogP contribution is -2.21. The van der Waals surface area contributed by atoms with Gasteiger partial charge in [0.15, 0.2) is 0 Å². The summed E-state index contributed by atoms with van der Waals surface area (Å²) in [5.41, 5.74) is -6.56. The summed E-state index contributed by atoms with van der Waals surface area (Å²) in [5, 5.41) is 3.93. The zero-order chi connectivity index (χ0) is 26.9. The number of alkyl halides is 9. The zero-order valence-electron chi connectivity index (χ0n) is 17.4. The number of hydrogen-bond acceptors (Lipinski definition) is 3. The molecule has 14 heteroatoms. The summed E-state index contributed by atoms with van der Waals surface area (Å²) in [5.74, 6) is -2.73. The van der Waals surface area contributed by atoms with Gasteiger partial charge in [-0.1, -0.05) is 12.1 Å². The number of anilines is 2. The average Bonchev–Trinajstić information content (AvgIpc) is 2.77. The van der Waals surface area contributed by atoms with E-state index in [1.807, 2.05) is 10.6 Å². The number of pyridine rings is 1. The lowest BCUT2D eigenvalue weighted by Gasteiger charge is -2.13. The van der Waals surface area contributed by atoms with Gasteiger partial charge >= 0.3 is 18.5 Å². The maximum atomic E-state index is 13.4. The first kappa shape index (κ1) is 26.5. The van der Waals surface area contributed by atoms with E-state index < -0.39 is 69.8 Å². The number of carbonyl (C=O) groups excluding carboxylic acids is 2. The Balaban J connectivity index is 1.93. The summed E-state index contributed by atoms with van der Waals surface area (Å²) in [6.07, 6.45) is -14.6. The van der Waals surface area contributed by atoms with Gasteiger partial charge in [-0.3, -0.25) is 9.59 Å². The molecule has 0 unspecified atom stereocenters. The second-order valence-electron chi connectivity index (χ2n) is 7.19. The molecule has 2 N–H and O–H groups in total. The van der Waals surface area contributed by atoms with Crippen molar-refractivity contribution in [2.24, 2.45) is 0 Å². The molecule has 3 rings (SSSR count). The molecular formula is C22H12F9N3O2. The van der Waals surface area contributed by atoms with Gasteiger partial charge in [0.2, 0.25) is 0 Å². The molecule has 2 amide bonds. The van der Waals surface area contributed by atoms with E-state index in [4.69, 9.17) is 0 Å². The molecule has 0 aliphatic carbocycles. The Morgan fingerprint density at radius 3 is 1.25 bits per heavy atom. The molecule has 0 fully saturated rings. The monoisotopic (exact) mass is 521 g/mol.